The number of urea groups is 1. The van der Waals surface area contributed by atoms with Crippen LogP contribution in [0.3, 0.4) is 0 Å². The maximum absolute atomic E-state index is 11.9. The molecule has 1 aromatic heterocycles. The molecule has 24 heavy (non-hydrogen) atoms. The van der Waals surface area contributed by atoms with Crippen LogP contribution in [0.15, 0.2) is 47.1 Å². The molecule has 7 heteroatoms. The van der Waals surface area contributed by atoms with Gasteiger partial charge in [-0.05, 0) is 42.8 Å². The van der Waals surface area contributed by atoms with Crippen LogP contribution in [-0.4, -0.2) is 30.0 Å². The van der Waals surface area contributed by atoms with Gasteiger partial charge in [-0.3, -0.25) is 9.78 Å². The van der Waals surface area contributed by atoms with E-state index in [1.54, 1.807) is 6.20 Å². The first-order chi connectivity index (χ1) is 11.5. The molecule has 0 aliphatic heterocycles. The van der Waals surface area contributed by atoms with Crippen molar-refractivity contribution < 1.29 is 9.59 Å². The summed E-state index contributed by atoms with van der Waals surface area (Å²) in [6, 6.07) is 10.8. The highest BCUT2D eigenvalue weighted by molar-refractivity contribution is 9.10. The molecule has 0 spiro atoms. The van der Waals surface area contributed by atoms with Gasteiger partial charge in [-0.1, -0.05) is 22.0 Å². The molecule has 0 aliphatic carbocycles. The van der Waals surface area contributed by atoms with Gasteiger partial charge in [-0.15, -0.1) is 0 Å². The van der Waals surface area contributed by atoms with Gasteiger partial charge < -0.3 is 16.0 Å². The van der Waals surface area contributed by atoms with E-state index in [0.29, 0.717) is 13.0 Å². The lowest BCUT2D eigenvalue weighted by Gasteiger charge is -2.10. The molecule has 0 saturated carbocycles. The van der Waals surface area contributed by atoms with Crippen molar-refractivity contribution in [3.63, 3.8) is 0 Å². The van der Waals surface area contributed by atoms with E-state index in [4.69, 9.17) is 0 Å². The van der Waals surface area contributed by atoms with Crippen LogP contribution in [0.1, 0.15) is 11.3 Å². The fourth-order valence-electron chi connectivity index (χ4n) is 2.03. The van der Waals surface area contributed by atoms with Crippen LogP contribution in [0.5, 0.6) is 0 Å². The van der Waals surface area contributed by atoms with Crippen LogP contribution in [0, 0.1) is 6.92 Å². The van der Waals surface area contributed by atoms with Gasteiger partial charge in [-0.25, -0.2) is 4.79 Å². The molecule has 1 aromatic carbocycles. The number of amides is 3. The topological polar surface area (TPSA) is 83.1 Å². The van der Waals surface area contributed by atoms with Crippen molar-refractivity contribution in [2.45, 2.75) is 13.3 Å². The zero-order valence-electron chi connectivity index (χ0n) is 13.3. The Hall–Kier alpha value is -2.41. The summed E-state index contributed by atoms with van der Waals surface area (Å²) < 4.78 is 0.948. The summed E-state index contributed by atoms with van der Waals surface area (Å²) in [6.45, 7) is 2.26. The zero-order chi connectivity index (χ0) is 17.4. The summed E-state index contributed by atoms with van der Waals surface area (Å²) in [5.41, 5.74) is 2.57. The first kappa shape index (κ1) is 17.9. The second-order valence-electron chi connectivity index (χ2n) is 5.19. The van der Waals surface area contributed by atoms with E-state index in [1.807, 2.05) is 43.3 Å². The van der Waals surface area contributed by atoms with Crippen molar-refractivity contribution in [1.82, 2.24) is 15.6 Å². The lowest BCUT2D eigenvalue weighted by molar-refractivity contribution is -0.115. The Morgan fingerprint density at radius 3 is 2.71 bits per heavy atom. The molecule has 1 heterocycles. The van der Waals surface area contributed by atoms with E-state index >= 15 is 0 Å². The fourth-order valence-corrected chi connectivity index (χ4v) is 2.51. The number of carbonyl (C=O) groups is 2. The number of halogens is 1. The summed E-state index contributed by atoms with van der Waals surface area (Å²) in [6.07, 6.45) is 2.35. The first-order valence-electron chi connectivity index (χ1n) is 7.52. The highest BCUT2D eigenvalue weighted by Crippen LogP contribution is 2.19. The number of hydrogen-bond acceptors (Lipinski definition) is 3. The van der Waals surface area contributed by atoms with Crippen molar-refractivity contribution in [2.75, 3.05) is 18.4 Å². The van der Waals surface area contributed by atoms with Gasteiger partial charge in [0.25, 0.3) is 0 Å². The Morgan fingerprint density at radius 2 is 2.00 bits per heavy atom. The molecule has 0 saturated heterocycles. The predicted molar refractivity (Wildman–Crippen MR) is 96.9 cm³/mol. The molecule has 3 N–H and O–H groups in total. The van der Waals surface area contributed by atoms with Gasteiger partial charge in [0.05, 0.1) is 6.54 Å². The lowest BCUT2D eigenvalue weighted by Crippen LogP contribution is -2.40. The Morgan fingerprint density at radius 1 is 1.17 bits per heavy atom. The average Bonchev–Trinajstić information content (AvgIpc) is 2.56. The summed E-state index contributed by atoms with van der Waals surface area (Å²) in [4.78, 5) is 27.7. The largest absolute Gasteiger partial charge is 0.338 e. The number of anilines is 1. The molecular formula is C17H19BrN4O2. The molecule has 0 fully saturated rings. The number of aromatic nitrogens is 1. The third-order valence-electron chi connectivity index (χ3n) is 3.26. The Balaban J connectivity index is 1.68. The molecule has 6 nitrogen and oxygen atoms in total. The number of nitrogens with one attached hydrogen (secondary N) is 3. The number of hydrogen-bond donors (Lipinski definition) is 3. The van der Waals surface area contributed by atoms with Crippen LogP contribution >= 0.6 is 15.9 Å². The normalized spacial score (nSPS) is 10.1. The molecular weight excluding hydrogens is 372 g/mol. The average molecular weight is 391 g/mol. The van der Waals surface area contributed by atoms with Crippen LogP contribution < -0.4 is 16.0 Å². The summed E-state index contributed by atoms with van der Waals surface area (Å²) in [7, 11) is 0. The van der Waals surface area contributed by atoms with Gasteiger partial charge in [-0.2, -0.15) is 0 Å². The van der Waals surface area contributed by atoms with E-state index in [-0.39, 0.29) is 18.5 Å². The number of carbonyl (C=O) groups excluding carboxylic acids is 2. The number of pyridine rings is 1. The second-order valence-corrected chi connectivity index (χ2v) is 6.10. The van der Waals surface area contributed by atoms with E-state index in [2.05, 4.69) is 36.9 Å². The van der Waals surface area contributed by atoms with Crippen LogP contribution in [-0.2, 0) is 11.2 Å². The first-order valence-corrected chi connectivity index (χ1v) is 8.31. The molecule has 126 valence electrons. The van der Waals surface area contributed by atoms with E-state index in [0.717, 1.165) is 21.4 Å². The predicted octanol–water partition coefficient (Wildman–Crippen LogP) is 2.63. The van der Waals surface area contributed by atoms with Gasteiger partial charge in [0.2, 0.25) is 5.91 Å². The maximum Gasteiger partial charge on any atom is 0.315 e. The SMILES string of the molecule is Cc1cc(Br)ccc1NC(=O)CNC(=O)NCCc1ccccn1. The minimum atomic E-state index is -0.381. The summed E-state index contributed by atoms with van der Waals surface area (Å²) >= 11 is 3.37. The van der Waals surface area contributed by atoms with E-state index in [1.165, 1.54) is 0 Å². The van der Waals surface area contributed by atoms with Crippen molar-refractivity contribution in [2.24, 2.45) is 0 Å². The summed E-state index contributed by atoms with van der Waals surface area (Å²) in [5.74, 6) is -0.278. The third-order valence-corrected chi connectivity index (χ3v) is 3.76. The van der Waals surface area contributed by atoms with Crippen molar-refractivity contribution in [3.05, 3.63) is 58.3 Å². The van der Waals surface area contributed by atoms with Crippen LogP contribution in [0.4, 0.5) is 10.5 Å². The highest BCUT2D eigenvalue weighted by atomic mass is 79.9. The quantitative estimate of drug-likeness (QED) is 0.708. The monoisotopic (exact) mass is 390 g/mol. The molecule has 2 aromatic rings. The number of nitrogens with zero attached hydrogens (tertiary/aromatic N) is 1. The number of aryl methyl sites for hydroxylation is 1. The Bertz CT molecular complexity index is 707. The second kappa shape index (κ2) is 9.02. The van der Waals surface area contributed by atoms with Crippen molar-refractivity contribution >= 4 is 33.6 Å². The van der Waals surface area contributed by atoms with E-state index in [9.17, 15) is 9.59 Å². The van der Waals surface area contributed by atoms with Gasteiger partial charge >= 0.3 is 6.03 Å². The van der Waals surface area contributed by atoms with Crippen molar-refractivity contribution in [3.8, 4) is 0 Å². The molecule has 0 atom stereocenters. The van der Waals surface area contributed by atoms with Gasteiger partial charge in [0.1, 0.15) is 0 Å². The van der Waals surface area contributed by atoms with Crippen LogP contribution in [0.2, 0.25) is 0 Å². The zero-order valence-corrected chi connectivity index (χ0v) is 14.9. The molecule has 2 rings (SSSR count). The Labute approximate surface area is 149 Å². The number of benzene rings is 1. The standard InChI is InChI=1S/C17H19BrN4O2/c1-12-10-13(18)5-6-15(12)22-16(23)11-21-17(24)20-9-7-14-4-2-3-8-19-14/h2-6,8,10H,7,9,11H2,1H3,(H,22,23)(H2,20,21,24). The highest BCUT2D eigenvalue weighted by Gasteiger charge is 2.07. The molecule has 0 aliphatic rings. The van der Waals surface area contributed by atoms with Crippen molar-refractivity contribution in [1.29, 1.82) is 0 Å². The summed E-state index contributed by atoms with van der Waals surface area (Å²) in [5, 5.41) is 7.98. The van der Waals surface area contributed by atoms with Gasteiger partial charge in [0, 0.05) is 35.0 Å². The fraction of sp³-hybridized carbons (Fsp3) is 0.235. The van der Waals surface area contributed by atoms with Crippen LogP contribution in [0.25, 0.3) is 0 Å². The lowest BCUT2D eigenvalue weighted by atomic mass is 10.2. The van der Waals surface area contributed by atoms with Gasteiger partial charge in [0.15, 0.2) is 0 Å². The molecule has 0 unspecified atom stereocenters. The smallest absolute Gasteiger partial charge is 0.315 e. The molecule has 0 radical (unpaired) electrons. The third kappa shape index (κ3) is 6.00. The molecule has 3 amide bonds. The van der Waals surface area contributed by atoms with E-state index < -0.39 is 0 Å². The Kier molecular flexibility index (Phi) is 6.74. The minimum Gasteiger partial charge on any atom is -0.338 e. The number of rotatable bonds is 6. The minimum absolute atomic E-state index is 0.0923. The molecule has 0 bridgehead atoms. The maximum atomic E-state index is 11.9.